The predicted molar refractivity (Wildman–Crippen MR) is 28.6 cm³/mol. The van der Waals surface area contributed by atoms with Crippen LogP contribution in [0.3, 0.4) is 0 Å². The molecule has 0 aliphatic heterocycles. The lowest BCUT2D eigenvalue weighted by Crippen LogP contribution is -2.32. The van der Waals surface area contributed by atoms with Gasteiger partial charge in [-0.25, -0.2) is 14.0 Å². The third kappa shape index (κ3) is 3.65. The predicted octanol–water partition coefficient (Wildman–Crippen LogP) is -0.323. The highest BCUT2D eigenvalue weighted by atomic mass is 19.1. The lowest BCUT2D eigenvalue weighted by Gasteiger charge is -2.00. The van der Waals surface area contributed by atoms with Gasteiger partial charge in [-0.3, -0.25) is 0 Å². The molecule has 0 heterocycles. The number of carboxylic acid groups (broad SMARTS) is 2. The van der Waals surface area contributed by atoms with Crippen molar-refractivity contribution in [1.29, 1.82) is 0 Å². The average molecular weight is 151 g/mol. The zero-order valence-corrected chi connectivity index (χ0v) is 4.87. The standard InChI is InChI=1S/C4H6FNO4/c5-2(3(7)8)1-6-4(9)10/h2,6H,1H2,(H,7,8)(H,9,10)/t2-/m1/s1. The molecule has 0 fully saturated rings. The molecular weight excluding hydrogens is 145 g/mol. The van der Waals surface area contributed by atoms with Crippen LogP contribution < -0.4 is 5.32 Å². The molecule has 0 bridgehead atoms. The van der Waals surface area contributed by atoms with E-state index in [4.69, 9.17) is 10.2 Å². The second-order valence-corrected chi connectivity index (χ2v) is 1.49. The molecule has 5 nitrogen and oxygen atoms in total. The molecule has 3 N–H and O–H groups in total. The summed E-state index contributed by atoms with van der Waals surface area (Å²) in [7, 11) is 0. The lowest BCUT2D eigenvalue weighted by atomic mass is 10.4. The highest BCUT2D eigenvalue weighted by molar-refractivity contribution is 5.73. The van der Waals surface area contributed by atoms with E-state index in [0.29, 0.717) is 0 Å². The van der Waals surface area contributed by atoms with Crippen LogP contribution in [-0.2, 0) is 4.79 Å². The van der Waals surface area contributed by atoms with Crippen LogP contribution in [0.1, 0.15) is 0 Å². The number of alkyl halides is 1. The van der Waals surface area contributed by atoms with Gasteiger partial charge < -0.3 is 15.5 Å². The van der Waals surface area contributed by atoms with E-state index in [1.165, 1.54) is 0 Å². The molecule has 0 saturated heterocycles. The smallest absolute Gasteiger partial charge is 0.404 e. The number of carbonyl (C=O) groups is 2. The number of hydrogen-bond acceptors (Lipinski definition) is 2. The Morgan fingerprint density at radius 3 is 2.30 bits per heavy atom. The summed E-state index contributed by atoms with van der Waals surface area (Å²) in [5.41, 5.74) is 0. The topological polar surface area (TPSA) is 86.6 Å². The summed E-state index contributed by atoms with van der Waals surface area (Å²) >= 11 is 0. The monoisotopic (exact) mass is 151 g/mol. The van der Waals surface area contributed by atoms with Crippen LogP contribution in [0.15, 0.2) is 0 Å². The first-order valence-corrected chi connectivity index (χ1v) is 2.37. The van der Waals surface area contributed by atoms with Crippen molar-refractivity contribution in [3.63, 3.8) is 0 Å². The fraction of sp³-hybridized carbons (Fsp3) is 0.500. The highest BCUT2D eigenvalue weighted by Crippen LogP contribution is 1.86. The molecule has 1 amide bonds. The van der Waals surface area contributed by atoms with Crippen LogP contribution in [0.2, 0.25) is 0 Å². The molecule has 0 unspecified atom stereocenters. The normalized spacial score (nSPS) is 12.1. The van der Waals surface area contributed by atoms with Crippen molar-refractivity contribution in [2.45, 2.75) is 6.17 Å². The Kier molecular flexibility index (Phi) is 3.16. The van der Waals surface area contributed by atoms with E-state index in [2.05, 4.69) is 0 Å². The minimum absolute atomic E-state index is 0.718. The van der Waals surface area contributed by atoms with E-state index in [1.807, 2.05) is 0 Å². The Bertz CT molecular complexity index is 148. The van der Waals surface area contributed by atoms with Crippen LogP contribution >= 0.6 is 0 Å². The molecular formula is C4H6FNO4. The van der Waals surface area contributed by atoms with Gasteiger partial charge in [-0.1, -0.05) is 0 Å². The third-order valence-electron chi connectivity index (χ3n) is 0.700. The second kappa shape index (κ2) is 3.65. The molecule has 0 saturated carbocycles. The fourth-order valence-corrected chi connectivity index (χ4v) is 0.264. The zero-order chi connectivity index (χ0) is 8.15. The molecule has 0 spiro atoms. The largest absolute Gasteiger partial charge is 0.479 e. The maximum atomic E-state index is 12.0. The number of aliphatic carboxylic acids is 1. The van der Waals surface area contributed by atoms with Gasteiger partial charge in [0.2, 0.25) is 6.17 Å². The first kappa shape index (κ1) is 8.67. The van der Waals surface area contributed by atoms with Crippen LogP contribution in [0.25, 0.3) is 0 Å². The van der Waals surface area contributed by atoms with Gasteiger partial charge in [0.1, 0.15) is 0 Å². The van der Waals surface area contributed by atoms with Crippen LogP contribution in [0, 0.1) is 0 Å². The van der Waals surface area contributed by atoms with Crippen molar-refractivity contribution in [2.24, 2.45) is 0 Å². The number of hydrogen-bond donors (Lipinski definition) is 3. The van der Waals surface area contributed by atoms with Crippen LogP contribution in [-0.4, -0.2) is 35.0 Å². The van der Waals surface area contributed by atoms with Crippen LogP contribution in [0.4, 0.5) is 9.18 Å². The third-order valence-corrected chi connectivity index (χ3v) is 0.700. The summed E-state index contributed by atoms with van der Waals surface area (Å²) in [5, 5.41) is 17.3. The molecule has 10 heavy (non-hydrogen) atoms. The quantitative estimate of drug-likeness (QED) is 0.515. The van der Waals surface area contributed by atoms with Gasteiger partial charge in [-0.2, -0.15) is 0 Å². The van der Waals surface area contributed by atoms with E-state index in [0.717, 1.165) is 0 Å². The van der Waals surface area contributed by atoms with Crippen molar-refractivity contribution in [1.82, 2.24) is 5.32 Å². The molecule has 0 aromatic rings. The van der Waals surface area contributed by atoms with Crippen molar-refractivity contribution < 1.29 is 24.2 Å². The molecule has 0 radical (unpaired) electrons. The molecule has 0 aliphatic rings. The van der Waals surface area contributed by atoms with E-state index in [-0.39, 0.29) is 0 Å². The Morgan fingerprint density at radius 2 is 2.00 bits per heavy atom. The van der Waals surface area contributed by atoms with Gasteiger partial charge in [-0.05, 0) is 0 Å². The molecule has 0 aromatic heterocycles. The first-order chi connectivity index (χ1) is 4.54. The van der Waals surface area contributed by atoms with Crippen molar-refractivity contribution in [3.05, 3.63) is 0 Å². The van der Waals surface area contributed by atoms with Crippen molar-refractivity contribution >= 4 is 12.1 Å². The maximum Gasteiger partial charge on any atom is 0.404 e. The lowest BCUT2D eigenvalue weighted by molar-refractivity contribution is -0.142. The molecule has 0 rings (SSSR count). The first-order valence-electron chi connectivity index (χ1n) is 2.37. The Hall–Kier alpha value is -1.33. The van der Waals surface area contributed by atoms with Gasteiger partial charge in [0.05, 0.1) is 6.54 Å². The van der Waals surface area contributed by atoms with E-state index in [1.54, 1.807) is 5.32 Å². The number of halogens is 1. The van der Waals surface area contributed by atoms with Crippen molar-refractivity contribution in [3.8, 4) is 0 Å². The van der Waals surface area contributed by atoms with Gasteiger partial charge in [0, 0.05) is 0 Å². The molecule has 0 aliphatic carbocycles. The second-order valence-electron chi connectivity index (χ2n) is 1.49. The maximum absolute atomic E-state index is 12.0. The van der Waals surface area contributed by atoms with E-state index >= 15 is 0 Å². The molecule has 6 heteroatoms. The summed E-state index contributed by atoms with van der Waals surface area (Å²) in [5.74, 6) is -1.67. The Labute approximate surface area is 55.5 Å². The average Bonchev–Trinajstić information content (AvgIpc) is 1.82. The van der Waals surface area contributed by atoms with Crippen molar-refractivity contribution in [2.75, 3.05) is 6.54 Å². The van der Waals surface area contributed by atoms with Gasteiger partial charge in [0.25, 0.3) is 0 Å². The fourth-order valence-electron chi connectivity index (χ4n) is 0.264. The zero-order valence-electron chi connectivity index (χ0n) is 4.87. The molecule has 58 valence electrons. The summed E-state index contributed by atoms with van der Waals surface area (Å²) < 4.78 is 12.0. The minimum atomic E-state index is -2.17. The molecule has 0 aromatic carbocycles. The number of amides is 1. The summed E-state index contributed by atoms with van der Waals surface area (Å²) in [6, 6.07) is 0. The number of nitrogens with one attached hydrogen (secondary N) is 1. The van der Waals surface area contributed by atoms with E-state index < -0.39 is 24.8 Å². The number of rotatable bonds is 3. The van der Waals surface area contributed by atoms with Gasteiger partial charge >= 0.3 is 12.1 Å². The number of carboxylic acids is 1. The summed E-state index contributed by atoms with van der Waals surface area (Å²) in [4.78, 5) is 19.4. The Morgan fingerprint density at radius 1 is 1.50 bits per heavy atom. The molecule has 1 atom stereocenters. The van der Waals surface area contributed by atoms with Crippen LogP contribution in [0.5, 0.6) is 0 Å². The minimum Gasteiger partial charge on any atom is -0.479 e. The highest BCUT2D eigenvalue weighted by Gasteiger charge is 2.15. The van der Waals surface area contributed by atoms with E-state index in [9.17, 15) is 14.0 Å². The summed E-state index contributed by atoms with van der Waals surface area (Å²) in [6.07, 6.45) is -3.61. The van der Waals surface area contributed by atoms with Gasteiger partial charge in [0.15, 0.2) is 0 Å². The SMILES string of the molecule is O=C(O)NC[C@@H](F)C(=O)O. The summed E-state index contributed by atoms with van der Waals surface area (Å²) in [6.45, 7) is -0.718. The Balaban J connectivity index is 3.49. The van der Waals surface area contributed by atoms with Gasteiger partial charge in [-0.15, -0.1) is 0 Å².